The first-order valence-corrected chi connectivity index (χ1v) is 3.42. The summed E-state index contributed by atoms with van der Waals surface area (Å²) >= 11 is 5.62. The molecule has 0 radical (unpaired) electrons. The topological polar surface area (TPSA) is 17.1 Å². The van der Waals surface area contributed by atoms with E-state index in [1.54, 1.807) is 0 Å². The van der Waals surface area contributed by atoms with Gasteiger partial charge in [-0.1, -0.05) is 30.3 Å². The number of alkyl halides is 1. The van der Waals surface area contributed by atoms with E-state index in [4.69, 9.17) is 11.6 Å². The molecule has 0 saturated carbocycles. The summed E-state index contributed by atoms with van der Waals surface area (Å²) in [5, 5.41) is -0.499. The zero-order valence-corrected chi connectivity index (χ0v) is 6.08. The molecule has 1 aromatic carbocycles. The Balaban J connectivity index is 2.84. The lowest BCUT2D eigenvalue weighted by Gasteiger charge is -1.98. The van der Waals surface area contributed by atoms with Crippen LogP contribution in [0.15, 0.2) is 30.3 Å². The molecule has 1 nitrogen and oxygen atoms in total. The highest BCUT2D eigenvalue weighted by molar-refractivity contribution is 6.27. The summed E-state index contributed by atoms with van der Waals surface area (Å²) in [6, 6.07) is 9.25. The van der Waals surface area contributed by atoms with Crippen molar-refractivity contribution in [2.45, 2.75) is 5.38 Å². The monoisotopic (exact) mass is 154 g/mol. The maximum atomic E-state index is 10.2. The summed E-state index contributed by atoms with van der Waals surface area (Å²) in [7, 11) is 0. The minimum Gasteiger partial charge on any atom is -0.301 e. The fourth-order valence-electron chi connectivity index (χ4n) is 0.715. The van der Waals surface area contributed by atoms with Crippen LogP contribution in [0.5, 0.6) is 0 Å². The Morgan fingerprint density at radius 2 is 1.90 bits per heavy atom. The maximum Gasteiger partial charge on any atom is 0.142 e. The van der Waals surface area contributed by atoms with Gasteiger partial charge in [0.2, 0.25) is 0 Å². The van der Waals surface area contributed by atoms with Gasteiger partial charge in [0.15, 0.2) is 0 Å². The third kappa shape index (κ3) is 1.58. The second-order valence-electron chi connectivity index (χ2n) is 1.95. The quantitative estimate of drug-likeness (QED) is 0.471. The van der Waals surface area contributed by atoms with Crippen LogP contribution in [0, 0.1) is 0 Å². The molecular weight excluding hydrogens is 148 g/mol. The Morgan fingerprint density at radius 1 is 1.30 bits per heavy atom. The number of halogens is 1. The van der Waals surface area contributed by atoms with Gasteiger partial charge in [0.25, 0.3) is 0 Å². The summed E-state index contributed by atoms with van der Waals surface area (Å²) in [5.41, 5.74) is 0.846. The lowest BCUT2D eigenvalue weighted by atomic mass is 10.2. The third-order valence-corrected chi connectivity index (χ3v) is 1.59. The lowest BCUT2D eigenvalue weighted by molar-refractivity contribution is -0.107. The average Bonchev–Trinajstić information content (AvgIpc) is 2.05. The van der Waals surface area contributed by atoms with E-state index in [1.807, 2.05) is 30.3 Å². The molecule has 0 amide bonds. The minimum atomic E-state index is -0.499. The summed E-state index contributed by atoms with van der Waals surface area (Å²) in [6.07, 6.45) is 0.719. The zero-order valence-electron chi connectivity index (χ0n) is 5.33. The normalized spacial score (nSPS) is 12.5. The van der Waals surface area contributed by atoms with Crippen molar-refractivity contribution in [2.75, 3.05) is 0 Å². The second kappa shape index (κ2) is 3.37. The first kappa shape index (κ1) is 7.29. The molecule has 0 bridgehead atoms. The molecule has 1 rings (SSSR count). The van der Waals surface area contributed by atoms with Gasteiger partial charge >= 0.3 is 0 Å². The fraction of sp³-hybridized carbons (Fsp3) is 0.125. The summed E-state index contributed by atoms with van der Waals surface area (Å²) in [6.45, 7) is 0. The largest absolute Gasteiger partial charge is 0.301 e. The number of hydrogen-bond donors (Lipinski definition) is 0. The van der Waals surface area contributed by atoms with Crippen molar-refractivity contribution in [3.63, 3.8) is 0 Å². The molecule has 0 aliphatic rings. The van der Waals surface area contributed by atoms with Gasteiger partial charge in [-0.15, -0.1) is 11.6 Å². The molecule has 2 heteroatoms. The van der Waals surface area contributed by atoms with Gasteiger partial charge in [-0.3, -0.25) is 0 Å². The van der Waals surface area contributed by atoms with E-state index >= 15 is 0 Å². The molecule has 0 fully saturated rings. The molecule has 0 saturated heterocycles. The molecule has 0 aromatic heterocycles. The zero-order chi connectivity index (χ0) is 7.40. The van der Waals surface area contributed by atoms with Crippen LogP contribution in [0.2, 0.25) is 0 Å². The first-order chi connectivity index (χ1) is 4.84. The Kier molecular flexibility index (Phi) is 2.46. The average molecular weight is 155 g/mol. The molecule has 0 unspecified atom stereocenters. The van der Waals surface area contributed by atoms with Crippen molar-refractivity contribution in [3.05, 3.63) is 35.9 Å². The molecule has 0 heterocycles. The van der Waals surface area contributed by atoms with Crippen LogP contribution >= 0.6 is 11.6 Å². The molecular formula is C8H7ClO. The van der Waals surface area contributed by atoms with Crippen molar-refractivity contribution in [2.24, 2.45) is 0 Å². The van der Waals surface area contributed by atoms with E-state index < -0.39 is 5.38 Å². The molecule has 0 N–H and O–H groups in total. The Labute approximate surface area is 64.6 Å². The van der Waals surface area contributed by atoms with Crippen LogP contribution in [0.4, 0.5) is 0 Å². The predicted molar refractivity (Wildman–Crippen MR) is 41.1 cm³/mol. The first-order valence-electron chi connectivity index (χ1n) is 2.99. The third-order valence-electron chi connectivity index (χ3n) is 1.24. The number of benzene rings is 1. The molecule has 52 valence electrons. The molecule has 1 aromatic rings. The smallest absolute Gasteiger partial charge is 0.142 e. The summed E-state index contributed by atoms with van der Waals surface area (Å²) in [5.74, 6) is 0. The number of rotatable bonds is 2. The van der Waals surface area contributed by atoms with Crippen molar-refractivity contribution in [1.82, 2.24) is 0 Å². The van der Waals surface area contributed by atoms with Gasteiger partial charge in [0, 0.05) is 0 Å². The predicted octanol–water partition coefficient (Wildman–Crippen LogP) is 2.17. The minimum absolute atomic E-state index is 0.499. The van der Waals surface area contributed by atoms with E-state index in [2.05, 4.69) is 0 Å². The van der Waals surface area contributed by atoms with Crippen LogP contribution in [-0.2, 0) is 4.79 Å². The fourth-order valence-corrected chi connectivity index (χ4v) is 0.861. The van der Waals surface area contributed by atoms with Gasteiger partial charge in [0.1, 0.15) is 11.7 Å². The molecule has 0 aliphatic heterocycles. The molecule has 1 atom stereocenters. The van der Waals surface area contributed by atoms with Crippen molar-refractivity contribution in [3.8, 4) is 0 Å². The lowest BCUT2D eigenvalue weighted by Crippen LogP contribution is -1.88. The van der Waals surface area contributed by atoms with Crippen molar-refractivity contribution in [1.29, 1.82) is 0 Å². The summed E-state index contributed by atoms with van der Waals surface area (Å²) in [4.78, 5) is 10.2. The van der Waals surface area contributed by atoms with Gasteiger partial charge in [-0.25, -0.2) is 0 Å². The second-order valence-corrected chi connectivity index (χ2v) is 2.42. The Bertz CT molecular complexity index is 208. The molecule has 0 spiro atoms. The van der Waals surface area contributed by atoms with Crippen LogP contribution in [0.3, 0.4) is 0 Å². The van der Waals surface area contributed by atoms with Crippen LogP contribution < -0.4 is 0 Å². The van der Waals surface area contributed by atoms with Crippen LogP contribution in [0.25, 0.3) is 0 Å². The standard InChI is InChI=1S/C8H7ClO/c9-8(6-10)7-4-2-1-3-5-7/h1-6,8H/t8-/m0/s1. The van der Waals surface area contributed by atoms with Gasteiger partial charge in [-0.05, 0) is 5.56 Å². The highest BCUT2D eigenvalue weighted by Crippen LogP contribution is 2.15. The number of hydrogen-bond acceptors (Lipinski definition) is 1. The van der Waals surface area contributed by atoms with E-state index in [9.17, 15) is 4.79 Å². The van der Waals surface area contributed by atoms with E-state index in [0.717, 1.165) is 11.8 Å². The Morgan fingerprint density at radius 3 is 2.40 bits per heavy atom. The van der Waals surface area contributed by atoms with Gasteiger partial charge in [-0.2, -0.15) is 0 Å². The number of carbonyl (C=O) groups is 1. The highest BCUT2D eigenvalue weighted by atomic mass is 35.5. The SMILES string of the molecule is O=C[C@H](Cl)c1ccccc1. The summed E-state index contributed by atoms with van der Waals surface area (Å²) < 4.78 is 0. The van der Waals surface area contributed by atoms with Gasteiger partial charge < -0.3 is 4.79 Å². The van der Waals surface area contributed by atoms with Gasteiger partial charge in [0.05, 0.1) is 0 Å². The van der Waals surface area contributed by atoms with Crippen molar-refractivity contribution < 1.29 is 4.79 Å². The van der Waals surface area contributed by atoms with E-state index in [0.29, 0.717) is 0 Å². The van der Waals surface area contributed by atoms with Crippen LogP contribution in [0.1, 0.15) is 10.9 Å². The molecule has 0 aliphatic carbocycles. The number of carbonyl (C=O) groups excluding carboxylic acids is 1. The highest BCUT2D eigenvalue weighted by Gasteiger charge is 2.02. The van der Waals surface area contributed by atoms with Crippen molar-refractivity contribution >= 4 is 17.9 Å². The molecule has 10 heavy (non-hydrogen) atoms. The Hall–Kier alpha value is -0.820. The van der Waals surface area contributed by atoms with E-state index in [-0.39, 0.29) is 0 Å². The van der Waals surface area contributed by atoms with E-state index in [1.165, 1.54) is 0 Å². The number of aldehydes is 1. The van der Waals surface area contributed by atoms with Crippen LogP contribution in [-0.4, -0.2) is 6.29 Å². The maximum absolute atomic E-state index is 10.2.